The summed E-state index contributed by atoms with van der Waals surface area (Å²) in [6, 6.07) is 76.7. The first-order chi connectivity index (χ1) is 31.2. The maximum atomic E-state index is 6.66. The second kappa shape index (κ2) is 15.3. The number of rotatable bonds is 7. The van der Waals surface area contributed by atoms with Gasteiger partial charge < -0.3 is 9.73 Å². The minimum atomic E-state index is -0.271. The summed E-state index contributed by atoms with van der Waals surface area (Å²) in [5.74, 6) is 0.823. The van der Waals surface area contributed by atoms with Gasteiger partial charge in [0.25, 0.3) is 0 Å². The molecule has 3 heterocycles. The van der Waals surface area contributed by atoms with E-state index in [1.807, 2.05) is 12.1 Å². The number of aliphatic imine (C=N–C) groups is 1. The van der Waals surface area contributed by atoms with Crippen molar-refractivity contribution in [2.45, 2.75) is 6.04 Å². The number of furan rings is 1. The number of fused-ring (bicyclic) bond motifs is 6. The molecule has 1 aliphatic heterocycles. The van der Waals surface area contributed by atoms with Crippen LogP contribution >= 0.6 is 0 Å². The van der Waals surface area contributed by atoms with Crippen LogP contribution in [-0.2, 0) is 0 Å². The summed E-state index contributed by atoms with van der Waals surface area (Å²) in [4.78, 5) is 10.9. The maximum absolute atomic E-state index is 6.66. The molecule has 2 aromatic heterocycles. The van der Waals surface area contributed by atoms with E-state index in [1.165, 1.54) is 16.7 Å². The Bertz CT molecular complexity index is 3460. The third-order valence-corrected chi connectivity index (χ3v) is 12.3. The van der Waals surface area contributed by atoms with Crippen molar-refractivity contribution in [2.75, 3.05) is 0 Å². The summed E-state index contributed by atoms with van der Waals surface area (Å²) in [6.45, 7) is 0. The van der Waals surface area contributed by atoms with Gasteiger partial charge in [0.05, 0.1) is 17.3 Å². The molecule has 1 unspecified atom stereocenters. The molecule has 4 heteroatoms. The van der Waals surface area contributed by atoms with Crippen molar-refractivity contribution in [3.63, 3.8) is 0 Å². The van der Waals surface area contributed by atoms with Crippen LogP contribution < -0.4 is 5.32 Å². The van der Waals surface area contributed by atoms with Crippen LogP contribution in [0.15, 0.2) is 234 Å². The van der Waals surface area contributed by atoms with Crippen molar-refractivity contribution in [1.29, 1.82) is 0 Å². The van der Waals surface area contributed by atoms with Gasteiger partial charge in [-0.3, -0.25) is 4.99 Å². The van der Waals surface area contributed by atoms with Gasteiger partial charge in [-0.1, -0.05) is 194 Å². The van der Waals surface area contributed by atoms with Gasteiger partial charge in [0, 0.05) is 49.3 Å². The molecule has 0 amide bonds. The fourth-order valence-corrected chi connectivity index (χ4v) is 9.25. The Labute approximate surface area is 365 Å². The Hall–Kier alpha value is -8.34. The first-order valence-corrected chi connectivity index (χ1v) is 21.4. The van der Waals surface area contributed by atoms with E-state index in [4.69, 9.17) is 14.4 Å². The summed E-state index contributed by atoms with van der Waals surface area (Å²) < 4.78 is 6.66. The number of aromatic nitrogens is 1. The Morgan fingerprint density at radius 2 is 0.952 bits per heavy atom. The number of para-hydroxylation sites is 2. The monoisotopic (exact) mass is 805 g/mol. The molecule has 0 saturated heterocycles. The van der Waals surface area contributed by atoms with Gasteiger partial charge in [-0.05, 0) is 69.3 Å². The van der Waals surface area contributed by atoms with Crippen LogP contribution in [0.4, 0.5) is 0 Å². The lowest BCUT2D eigenvalue weighted by atomic mass is 9.89. The molecular weight excluding hydrogens is 767 g/mol. The quantitative estimate of drug-likeness (QED) is 0.163. The van der Waals surface area contributed by atoms with Gasteiger partial charge in [0.1, 0.15) is 17.0 Å². The van der Waals surface area contributed by atoms with E-state index >= 15 is 0 Å². The zero-order chi connectivity index (χ0) is 41.7. The molecule has 0 aliphatic carbocycles. The highest BCUT2D eigenvalue weighted by molar-refractivity contribution is 6.27. The summed E-state index contributed by atoms with van der Waals surface area (Å²) >= 11 is 0. The van der Waals surface area contributed by atoms with Crippen LogP contribution in [-0.4, -0.2) is 10.8 Å². The number of hydrogen-bond acceptors (Lipinski definition) is 4. The summed E-state index contributed by atoms with van der Waals surface area (Å²) in [7, 11) is 0. The molecule has 0 spiro atoms. The van der Waals surface area contributed by atoms with Crippen molar-refractivity contribution >= 4 is 55.1 Å². The van der Waals surface area contributed by atoms with Crippen molar-refractivity contribution < 1.29 is 4.42 Å². The highest BCUT2D eigenvalue weighted by atomic mass is 16.3. The number of amidine groups is 1. The smallest absolute Gasteiger partial charge is 0.136 e. The van der Waals surface area contributed by atoms with Crippen LogP contribution in [0.25, 0.3) is 93.9 Å². The SMILES string of the molecule is C1=C(c2ccc(-c3ccccc3)cc2)NC(c2ccc(-c3ccccc3)cc2)=NC1c1cccc(-c2nc3ccccc3c3c(-c4ccccc4)c4c(cc23)oc2ccccc24)c1. The minimum Gasteiger partial charge on any atom is -0.456 e. The molecule has 63 heavy (non-hydrogen) atoms. The van der Waals surface area contributed by atoms with Crippen molar-refractivity contribution in [2.24, 2.45) is 4.99 Å². The Balaban J connectivity index is 1.03. The normalized spacial score (nSPS) is 13.9. The van der Waals surface area contributed by atoms with Crippen LogP contribution in [0.1, 0.15) is 22.7 Å². The molecule has 0 fully saturated rings. The van der Waals surface area contributed by atoms with Crippen molar-refractivity contribution in [3.8, 4) is 44.6 Å². The molecule has 1 N–H and O–H groups in total. The lowest BCUT2D eigenvalue weighted by Crippen LogP contribution is -2.27. The Morgan fingerprint density at radius 3 is 1.65 bits per heavy atom. The average Bonchev–Trinajstić information content (AvgIpc) is 3.74. The molecule has 296 valence electrons. The van der Waals surface area contributed by atoms with Gasteiger partial charge >= 0.3 is 0 Å². The van der Waals surface area contributed by atoms with Crippen molar-refractivity contribution in [3.05, 3.63) is 241 Å². The summed E-state index contributed by atoms with van der Waals surface area (Å²) in [5.41, 5.74) is 15.8. The van der Waals surface area contributed by atoms with Gasteiger partial charge in [-0.2, -0.15) is 0 Å². The van der Waals surface area contributed by atoms with Gasteiger partial charge in [-0.15, -0.1) is 0 Å². The van der Waals surface area contributed by atoms with E-state index < -0.39 is 0 Å². The zero-order valence-electron chi connectivity index (χ0n) is 34.2. The lowest BCUT2D eigenvalue weighted by molar-refractivity contribution is 0.669. The lowest BCUT2D eigenvalue weighted by Gasteiger charge is -2.24. The zero-order valence-corrected chi connectivity index (χ0v) is 34.2. The van der Waals surface area contributed by atoms with E-state index in [-0.39, 0.29) is 6.04 Å². The Morgan fingerprint density at radius 1 is 0.397 bits per heavy atom. The van der Waals surface area contributed by atoms with E-state index in [0.29, 0.717) is 0 Å². The largest absolute Gasteiger partial charge is 0.456 e. The second-order valence-corrected chi connectivity index (χ2v) is 16.1. The fraction of sp³-hybridized carbons (Fsp3) is 0.0169. The van der Waals surface area contributed by atoms with Crippen LogP contribution in [0.5, 0.6) is 0 Å². The maximum Gasteiger partial charge on any atom is 0.136 e. The highest BCUT2D eigenvalue weighted by Crippen LogP contribution is 2.46. The van der Waals surface area contributed by atoms with Gasteiger partial charge in [-0.25, -0.2) is 4.98 Å². The van der Waals surface area contributed by atoms with Crippen LogP contribution in [0, 0.1) is 0 Å². The van der Waals surface area contributed by atoms with E-state index in [2.05, 4.69) is 218 Å². The molecule has 0 saturated carbocycles. The average molecular weight is 806 g/mol. The van der Waals surface area contributed by atoms with Crippen LogP contribution in [0.2, 0.25) is 0 Å². The molecule has 1 atom stereocenters. The number of nitrogens with zero attached hydrogens (tertiary/aromatic N) is 2. The third-order valence-electron chi connectivity index (χ3n) is 12.3. The Kier molecular flexibility index (Phi) is 8.86. The van der Waals surface area contributed by atoms with E-state index in [1.54, 1.807) is 0 Å². The number of hydrogen-bond donors (Lipinski definition) is 1. The first-order valence-electron chi connectivity index (χ1n) is 21.4. The molecule has 1 aliphatic rings. The number of nitrogens with one attached hydrogen (secondary N) is 1. The van der Waals surface area contributed by atoms with Gasteiger partial charge in [0.2, 0.25) is 0 Å². The molecule has 12 rings (SSSR count). The standard InChI is InChI=1S/C59H39N3O/c1-4-15-38(16-5-1)40-27-31-42(32-28-40)51-37-52(62-59(61-51)44-33-29-41(30-34-44)39-17-6-2-7-18-39)45-21-14-22-46(35-45)58-49-36-54-57(48-24-11-13-26-53(48)63-54)55(43-19-8-3-9-20-43)56(49)47-23-10-12-25-50(47)60-58/h1-37,52H,(H,61,62). The fourth-order valence-electron chi connectivity index (χ4n) is 9.25. The minimum absolute atomic E-state index is 0.271. The van der Waals surface area contributed by atoms with E-state index in [9.17, 15) is 0 Å². The van der Waals surface area contributed by atoms with Crippen molar-refractivity contribution in [1.82, 2.24) is 10.3 Å². The molecule has 9 aromatic carbocycles. The summed E-state index contributed by atoms with van der Waals surface area (Å²) in [5, 5.41) is 9.26. The predicted molar refractivity (Wildman–Crippen MR) is 262 cm³/mol. The number of benzene rings is 9. The topological polar surface area (TPSA) is 50.4 Å². The molecule has 11 aromatic rings. The highest BCUT2D eigenvalue weighted by Gasteiger charge is 2.24. The number of pyridine rings is 1. The second-order valence-electron chi connectivity index (χ2n) is 16.1. The first kappa shape index (κ1) is 36.5. The predicted octanol–water partition coefficient (Wildman–Crippen LogP) is 15.1. The van der Waals surface area contributed by atoms with Crippen LogP contribution in [0.3, 0.4) is 0 Å². The molecule has 4 nitrogen and oxygen atoms in total. The third kappa shape index (κ3) is 6.57. The molecule has 0 radical (unpaired) electrons. The molecular formula is C59H39N3O. The summed E-state index contributed by atoms with van der Waals surface area (Å²) in [6.07, 6.45) is 2.25. The van der Waals surface area contributed by atoms with E-state index in [0.717, 1.165) is 99.8 Å². The molecule has 0 bridgehead atoms. The van der Waals surface area contributed by atoms with Gasteiger partial charge in [0.15, 0.2) is 0 Å².